The molecule has 0 aromatic heterocycles. The minimum atomic E-state index is -0.00872. The van der Waals surface area contributed by atoms with Crippen molar-refractivity contribution in [2.24, 2.45) is 5.73 Å². The van der Waals surface area contributed by atoms with E-state index in [4.69, 9.17) is 10.8 Å². The minimum Gasteiger partial charge on any atom is -0.395 e. The van der Waals surface area contributed by atoms with Gasteiger partial charge in [-0.25, -0.2) is 0 Å². The Kier molecular flexibility index (Phi) is 7.82. The predicted molar refractivity (Wildman–Crippen MR) is 64.9 cm³/mol. The van der Waals surface area contributed by atoms with Crippen LogP contribution in [0.25, 0.3) is 0 Å². The largest absolute Gasteiger partial charge is 0.395 e. The molecule has 0 rings (SSSR count). The summed E-state index contributed by atoms with van der Waals surface area (Å²) in [6.45, 7) is 3.87. The van der Waals surface area contributed by atoms with E-state index in [0.29, 0.717) is 12.8 Å². The Morgan fingerprint density at radius 1 is 1.53 bits per heavy atom. The van der Waals surface area contributed by atoms with Crippen molar-refractivity contribution in [2.75, 3.05) is 12.9 Å². The lowest BCUT2D eigenvalue weighted by atomic mass is 10.1. The quantitative estimate of drug-likeness (QED) is 0.594. The van der Waals surface area contributed by atoms with Crippen LogP contribution in [0, 0.1) is 0 Å². The summed E-state index contributed by atoms with van der Waals surface area (Å²) in [5.74, 6) is 0.00676. The molecule has 0 fully saturated rings. The monoisotopic (exact) mass is 234 g/mol. The standard InChI is InChI=1S/C10H22N2O2S/c1-7(11)4-5-10(14)12-8(2)9(6-13)15-3/h7-9,13H,4-6,11H2,1-3H3,(H,12,14). The molecule has 5 heteroatoms. The van der Waals surface area contributed by atoms with Gasteiger partial charge in [0.2, 0.25) is 5.91 Å². The zero-order valence-electron chi connectivity index (χ0n) is 9.69. The fraction of sp³-hybridized carbons (Fsp3) is 0.900. The van der Waals surface area contributed by atoms with E-state index in [9.17, 15) is 4.79 Å². The summed E-state index contributed by atoms with van der Waals surface area (Å²) in [6.07, 6.45) is 3.07. The molecule has 0 radical (unpaired) electrons. The van der Waals surface area contributed by atoms with Crippen molar-refractivity contribution in [2.45, 2.75) is 44.0 Å². The fourth-order valence-electron chi connectivity index (χ4n) is 1.21. The third-order valence-electron chi connectivity index (χ3n) is 2.26. The molecule has 3 atom stereocenters. The number of hydrogen-bond acceptors (Lipinski definition) is 4. The Morgan fingerprint density at radius 3 is 2.53 bits per heavy atom. The molecular weight excluding hydrogens is 212 g/mol. The van der Waals surface area contributed by atoms with Gasteiger partial charge in [-0.1, -0.05) is 0 Å². The van der Waals surface area contributed by atoms with Gasteiger partial charge >= 0.3 is 0 Å². The Bertz CT molecular complexity index is 184. The third-order valence-corrected chi connectivity index (χ3v) is 3.42. The number of aliphatic hydroxyl groups is 1. The highest BCUT2D eigenvalue weighted by atomic mass is 32.2. The van der Waals surface area contributed by atoms with Crippen LogP contribution in [0.4, 0.5) is 0 Å². The molecule has 3 unspecified atom stereocenters. The van der Waals surface area contributed by atoms with Crippen LogP contribution in [0.2, 0.25) is 0 Å². The highest BCUT2D eigenvalue weighted by molar-refractivity contribution is 7.99. The van der Waals surface area contributed by atoms with Crippen LogP contribution in [0.1, 0.15) is 26.7 Å². The summed E-state index contributed by atoms with van der Waals surface area (Å²) in [6, 6.07) is 0.0471. The summed E-state index contributed by atoms with van der Waals surface area (Å²) in [5.41, 5.74) is 5.56. The van der Waals surface area contributed by atoms with Crippen molar-refractivity contribution < 1.29 is 9.90 Å². The number of hydrogen-bond donors (Lipinski definition) is 3. The minimum absolute atomic E-state index is 0.00676. The van der Waals surface area contributed by atoms with Gasteiger partial charge in [0.15, 0.2) is 0 Å². The number of aliphatic hydroxyl groups excluding tert-OH is 1. The van der Waals surface area contributed by atoms with Gasteiger partial charge in [-0.05, 0) is 26.5 Å². The Labute approximate surface area is 96.0 Å². The first-order valence-corrected chi connectivity index (χ1v) is 6.48. The highest BCUT2D eigenvalue weighted by Crippen LogP contribution is 2.10. The number of nitrogens with two attached hydrogens (primary N) is 1. The first-order chi connectivity index (χ1) is 7.01. The number of carbonyl (C=O) groups excluding carboxylic acids is 1. The van der Waals surface area contributed by atoms with Gasteiger partial charge in [0.1, 0.15) is 0 Å². The van der Waals surface area contributed by atoms with Crippen LogP contribution in [0.5, 0.6) is 0 Å². The Morgan fingerprint density at radius 2 is 2.13 bits per heavy atom. The topological polar surface area (TPSA) is 75.3 Å². The first-order valence-electron chi connectivity index (χ1n) is 5.19. The fourth-order valence-corrected chi connectivity index (χ4v) is 1.84. The molecule has 0 aromatic rings. The second-order valence-electron chi connectivity index (χ2n) is 3.83. The highest BCUT2D eigenvalue weighted by Gasteiger charge is 2.17. The zero-order valence-corrected chi connectivity index (χ0v) is 10.5. The van der Waals surface area contributed by atoms with E-state index < -0.39 is 0 Å². The molecule has 4 N–H and O–H groups in total. The number of nitrogens with one attached hydrogen (secondary N) is 1. The smallest absolute Gasteiger partial charge is 0.220 e. The molecule has 0 spiro atoms. The number of amides is 1. The van der Waals surface area contributed by atoms with Crippen molar-refractivity contribution in [3.63, 3.8) is 0 Å². The van der Waals surface area contributed by atoms with Crippen molar-refractivity contribution in [1.29, 1.82) is 0 Å². The van der Waals surface area contributed by atoms with Crippen LogP contribution in [-0.2, 0) is 4.79 Å². The van der Waals surface area contributed by atoms with Gasteiger partial charge in [0, 0.05) is 23.8 Å². The van der Waals surface area contributed by atoms with Crippen LogP contribution < -0.4 is 11.1 Å². The lowest BCUT2D eigenvalue weighted by Gasteiger charge is -2.21. The van der Waals surface area contributed by atoms with Crippen molar-refractivity contribution in [3.05, 3.63) is 0 Å². The zero-order chi connectivity index (χ0) is 11.8. The Balaban J connectivity index is 3.84. The third kappa shape index (κ3) is 6.76. The molecule has 15 heavy (non-hydrogen) atoms. The van der Waals surface area contributed by atoms with Gasteiger partial charge in [0.25, 0.3) is 0 Å². The summed E-state index contributed by atoms with van der Waals surface area (Å²) in [4.78, 5) is 11.4. The maximum absolute atomic E-state index is 11.4. The number of thioether (sulfide) groups is 1. The second kappa shape index (κ2) is 7.96. The van der Waals surface area contributed by atoms with Crippen molar-refractivity contribution >= 4 is 17.7 Å². The molecule has 0 aromatic carbocycles. The van der Waals surface area contributed by atoms with E-state index in [0.717, 1.165) is 0 Å². The molecule has 0 bridgehead atoms. The summed E-state index contributed by atoms with van der Waals surface area (Å²) < 4.78 is 0. The first kappa shape index (κ1) is 14.7. The summed E-state index contributed by atoms with van der Waals surface area (Å²) in [5, 5.41) is 12.0. The predicted octanol–water partition coefficient (Wildman–Crippen LogP) is 0.342. The van der Waals surface area contributed by atoms with Gasteiger partial charge in [0.05, 0.1) is 6.61 Å². The molecule has 0 saturated carbocycles. The number of carbonyl (C=O) groups is 1. The van der Waals surface area contributed by atoms with Gasteiger partial charge in [-0.15, -0.1) is 0 Å². The molecular formula is C10H22N2O2S. The molecule has 0 aliphatic rings. The molecule has 0 aliphatic heterocycles. The van der Waals surface area contributed by atoms with E-state index in [1.165, 1.54) is 0 Å². The SMILES string of the molecule is CSC(CO)C(C)NC(=O)CCC(C)N. The lowest BCUT2D eigenvalue weighted by molar-refractivity contribution is -0.121. The Hall–Kier alpha value is -0.260. The van der Waals surface area contributed by atoms with Gasteiger partial charge in [-0.2, -0.15) is 11.8 Å². The molecule has 1 amide bonds. The van der Waals surface area contributed by atoms with E-state index in [1.807, 2.05) is 20.1 Å². The summed E-state index contributed by atoms with van der Waals surface area (Å²) in [7, 11) is 0. The van der Waals surface area contributed by atoms with Crippen molar-refractivity contribution in [3.8, 4) is 0 Å². The van der Waals surface area contributed by atoms with Crippen LogP contribution in [0.15, 0.2) is 0 Å². The van der Waals surface area contributed by atoms with Gasteiger partial charge in [-0.3, -0.25) is 4.79 Å². The van der Waals surface area contributed by atoms with Gasteiger partial charge < -0.3 is 16.2 Å². The maximum Gasteiger partial charge on any atom is 0.220 e. The molecule has 0 aliphatic carbocycles. The van der Waals surface area contributed by atoms with E-state index in [-0.39, 0.29) is 29.8 Å². The van der Waals surface area contributed by atoms with Crippen LogP contribution in [-0.4, -0.2) is 41.2 Å². The number of rotatable bonds is 7. The van der Waals surface area contributed by atoms with Crippen LogP contribution in [0.3, 0.4) is 0 Å². The van der Waals surface area contributed by atoms with E-state index in [1.54, 1.807) is 11.8 Å². The molecule has 90 valence electrons. The summed E-state index contributed by atoms with van der Waals surface area (Å²) >= 11 is 1.55. The van der Waals surface area contributed by atoms with Crippen molar-refractivity contribution in [1.82, 2.24) is 5.32 Å². The molecule has 0 saturated heterocycles. The van der Waals surface area contributed by atoms with E-state index >= 15 is 0 Å². The second-order valence-corrected chi connectivity index (χ2v) is 4.91. The maximum atomic E-state index is 11.4. The average Bonchev–Trinajstić information content (AvgIpc) is 2.16. The van der Waals surface area contributed by atoms with E-state index in [2.05, 4.69) is 5.32 Å². The molecule has 0 heterocycles. The normalized spacial score (nSPS) is 16.9. The average molecular weight is 234 g/mol. The molecule has 4 nitrogen and oxygen atoms in total. The lowest BCUT2D eigenvalue weighted by Crippen LogP contribution is -2.41. The van der Waals surface area contributed by atoms with Crippen LogP contribution >= 0.6 is 11.8 Å².